The van der Waals surface area contributed by atoms with E-state index in [4.69, 9.17) is 0 Å². The summed E-state index contributed by atoms with van der Waals surface area (Å²) < 4.78 is 2.12. The van der Waals surface area contributed by atoms with Crippen molar-refractivity contribution in [2.24, 2.45) is 7.05 Å². The molecule has 2 rings (SSSR count). The number of hydrogen-bond donors (Lipinski definition) is 1. The Hall–Kier alpha value is -0.870. The summed E-state index contributed by atoms with van der Waals surface area (Å²) in [6.07, 6.45) is 7.36. The molecule has 0 aliphatic carbocycles. The average molecular weight is 264 g/mol. The predicted octanol–water partition coefficient (Wildman–Crippen LogP) is 1.82. The Bertz CT molecular complexity index is 395. The highest BCUT2D eigenvalue weighted by atomic mass is 15.2. The molecule has 4 heteroatoms. The fourth-order valence-electron chi connectivity index (χ4n) is 3.00. The van der Waals surface area contributed by atoms with Gasteiger partial charge >= 0.3 is 0 Å². The molecule has 4 nitrogen and oxygen atoms in total. The maximum atomic E-state index is 4.42. The Morgan fingerprint density at radius 2 is 2.16 bits per heavy atom. The van der Waals surface area contributed by atoms with Crippen molar-refractivity contribution in [2.45, 2.75) is 51.6 Å². The molecule has 1 atom stereocenters. The van der Waals surface area contributed by atoms with Crippen LogP contribution < -0.4 is 5.32 Å². The molecule has 1 aliphatic rings. The van der Waals surface area contributed by atoms with Gasteiger partial charge in [0.1, 0.15) is 5.82 Å². The Balaban J connectivity index is 1.96. The lowest BCUT2D eigenvalue weighted by molar-refractivity contribution is 0.0813. The number of piperazine rings is 1. The Labute approximate surface area is 117 Å². The van der Waals surface area contributed by atoms with Crippen molar-refractivity contribution in [2.75, 3.05) is 19.6 Å². The van der Waals surface area contributed by atoms with E-state index in [1.807, 2.05) is 12.4 Å². The van der Waals surface area contributed by atoms with Crippen LogP contribution in [0.25, 0.3) is 0 Å². The van der Waals surface area contributed by atoms with E-state index in [1.165, 1.54) is 18.7 Å². The minimum Gasteiger partial charge on any atom is -0.338 e. The van der Waals surface area contributed by atoms with Gasteiger partial charge in [-0.05, 0) is 19.8 Å². The fourth-order valence-corrected chi connectivity index (χ4v) is 3.00. The van der Waals surface area contributed by atoms with Gasteiger partial charge in [-0.2, -0.15) is 0 Å². The van der Waals surface area contributed by atoms with Crippen LogP contribution in [0.2, 0.25) is 0 Å². The van der Waals surface area contributed by atoms with E-state index in [0.717, 1.165) is 26.1 Å². The smallest absolute Gasteiger partial charge is 0.109 e. The molecule has 0 spiro atoms. The molecular formula is C15H28N4. The molecule has 1 unspecified atom stereocenters. The van der Waals surface area contributed by atoms with Crippen molar-refractivity contribution in [1.29, 1.82) is 0 Å². The zero-order valence-corrected chi connectivity index (χ0v) is 12.8. The zero-order chi connectivity index (χ0) is 13.9. The van der Waals surface area contributed by atoms with Crippen LogP contribution in [0.3, 0.4) is 0 Å². The van der Waals surface area contributed by atoms with E-state index < -0.39 is 0 Å². The lowest BCUT2D eigenvalue weighted by atomic mass is 9.88. The number of rotatable bonds is 5. The van der Waals surface area contributed by atoms with Crippen molar-refractivity contribution in [3.8, 4) is 0 Å². The molecule has 0 saturated carbocycles. The highest BCUT2D eigenvalue weighted by molar-refractivity contribution is 4.97. The molecule has 108 valence electrons. The van der Waals surface area contributed by atoms with Crippen molar-refractivity contribution >= 4 is 0 Å². The first kappa shape index (κ1) is 14.5. The summed E-state index contributed by atoms with van der Waals surface area (Å²) in [6, 6.07) is 0.617. The van der Waals surface area contributed by atoms with Gasteiger partial charge in [-0.1, -0.05) is 13.8 Å². The molecule has 2 heterocycles. The van der Waals surface area contributed by atoms with Gasteiger partial charge in [-0.3, -0.25) is 4.90 Å². The highest BCUT2D eigenvalue weighted by Crippen LogP contribution is 2.22. The molecule has 0 amide bonds. The van der Waals surface area contributed by atoms with Gasteiger partial charge in [0.15, 0.2) is 0 Å². The second kappa shape index (κ2) is 6.06. The number of hydrogen-bond acceptors (Lipinski definition) is 3. The number of nitrogens with zero attached hydrogens (tertiary/aromatic N) is 3. The summed E-state index contributed by atoms with van der Waals surface area (Å²) in [6.45, 7) is 10.3. The maximum Gasteiger partial charge on any atom is 0.109 e. The quantitative estimate of drug-likeness (QED) is 0.880. The molecule has 1 aromatic heterocycles. The van der Waals surface area contributed by atoms with Crippen LogP contribution in [0.4, 0.5) is 0 Å². The van der Waals surface area contributed by atoms with Crippen LogP contribution in [0.15, 0.2) is 12.4 Å². The molecule has 1 aliphatic heterocycles. The molecule has 1 saturated heterocycles. The largest absolute Gasteiger partial charge is 0.338 e. The number of imidazole rings is 1. The Morgan fingerprint density at radius 1 is 1.42 bits per heavy atom. The monoisotopic (exact) mass is 264 g/mol. The van der Waals surface area contributed by atoms with E-state index in [1.54, 1.807) is 0 Å². The van der Waals surface area contributed by atoms with Crippen molar-refractivity contribution < 1.29 is 0 Å². The number of aryl methyl sites for hydroxylation is 1. The molecular weight excluding hydrogens is 236 g/mol. The second-order valence-electron chi connectivity index (χ2n) is 5.89. The van der Waals surface area contributed by atoms with Gasteiger partial charge in [0.25, 0.3) is 0 Å². The van der Waals surface area contributed by atoms with Crippen molar-refractivity contribution in [3.05, 3.63) is 18.2 Å². The van der Waals surface area contributed by atoms with Crippen molar-refractivity contribution in [3.63, 3.8) is 0 Å². The van der Waals surface area contributed by atoms with Gasteiger partial charge in [0.05, 0.1) is 0 Å². The Morgan fingerprint density at radius 3 is 2.74 bits per heavy atom. The molecule has 19 heavy (non-hydrogen) atoms. The third kappa shape index (κ3) is 3.18. The third-order valence-corrected chi connectivity index (χ3v) is 4.80. The van der Waals surface area contributed by atoms with Crippen LogP contribution in [-0.2, 0) is 13.5 Å². The zero-order valence-electron chi connectivity index (χ0n) is 12.8. The van der Waals surface area contributed by atoms with E-state index >= 15 is 0 Å². The van der Waals surface area contributed by atoms with E-state index in [-0.39, 0.29) is 0 Å². The lowest BCUT2D eigenvalue weighted by Crippen LogP contribution is -2.63. The van der Waals surface area contributed by atoms with Gasteiger partial charge in [-0.25, -0.2) is 4.98 Å². The summed E-state index contributed by atoms with van der Waals surface area (Å²) in [5, 5.41) is 3.75. The summed E-state index contributed by atoms with van der Waals surface area (Å²) in [5.74, 6) is 1.18. The third-order valence-electron chi connectivity index (χ3n) is 4.80. The normalized spacial score (nSPS) is 23.7. The first-order chi connectivity index (χ1) is 9.10. The van der Waals surface area contributed by atoms with Gasteiger partial charge in [-0.15, -0.1) is 0 Å². The van der Waals surface area contributed by atoms with Crippen molar-refractivity contribution in [1.82, 2.24) is 19.8 Å². The first-order valence-corrected chi connectivity index (χ1v) is 7.55. The maximum absolute atomic E-state index is 4.42. The molecule has 1 N–H and O–H groups in total. The minimum absolute atomic E-state index is 0.314. The highest BCUT2D eigenvalue weighted by Gasteiger charge is 2.34. The minimum atomic E-state index is 0.314. The molecule has 0 aromatic carbocycles. The average Bonchev–Trinajstić information content (AvgIpc) is 2.84. The topological polar surface area (TPSA) is 33.1 Å². The van der Waals surface area contributed by atoms with Crippen LogP contribution >= 0.6 is 0 Å². The molecule has 1 aromatic rings. The standard InChI is InChI=1S/C15H28N4/c1-5-15(6-2)12-19(13(3)11-17-15)9-7-14-16-8-10-18(14)4/h8,10,13,17H,5-7,9,11-12H2,1-4H3. The van der Waals surface area contributed by atoms with Gasteiger partial charge in [0.2, 0.25) is 0 Å². The molecule has 0 bridgehead atoms. The fraction of sp³-hybridized carbons (Fsp3) is 0.800. The second-order valence-corrected chi connectivity index (χ2v) is 5.89. The van der Waals surface area contributed by atoms with Crippen LogP contribution in [0, 0.1) is 0 Å². The van der Waals surface area contributed by atoms with Crippen LogP contribution in [0.1, 0.15) is 39.4 Å². The van der Waals surface area contributed by atoms with E-state index in [2.05, 4.69) is 47.6 Å². The molecule has 0 radical (unpaired) electrons. The lowest BCUT2D eigenvalue weighted by Gasteiger charge is -2.46. The van der Waals surface area contributed by atoms with Gasteiger partial charge < -0.3 is 9.88 Å². The first-order valence-electron chi connectivity index (χ1n) is 7.55. The van der Waals surface area contributed by atoms with Crippen LogP contribution in [-0.4, -0.2) is 45.7 Å². The predicted molar refractivity (Wildman–Crippen MR) is 79.3 cm³/mol. The summed E-state index contributed by atoms with van der Waals surface area (Å²) in [4.78, 5) is 7.05. The van der Waals surface area contributed by atoms with Crippen LogP contribution in [0.5, 0.6) is 0 Å². The molecule has 1 fully saturated rings. The van der Waals surface area contributed by atoms with E-state index in [0.29, 0.717) is 11.6 Å². The summed E-state index contributed by atoms with van der Waals surface area (Å²) in [7, 11) is 2.08. The SMILES string of the molecule is CCC1(CC)CN(CCc2nccn2C)C(C)CN1. The summed E-state index contributed by atoms with van der Waals surface area (Å²) in [5.41, 5.74) is 0.314. The number of nitrogens with one attached hydrogen (secondary N) is 1. The summed E-state index contributed by atoms with van der Waals surface area (Å²) >= 11 is 0. The Kier molecular flexibility index (Phi) is 4.63. The van der Waals surface area contributed by atoms with Gasteiger partial charge in [0, 0.05) is 57.1 Å². The van der Waals surface area contributed by atoms with E-state index in [9.17, 15) is 0 Å². The number of aromatic nitrogens is 2.